The molecule has 0 bridgehead atoms. The quantitative estimate of drug-likeness (QED) is 0.905. The standard InChI is InChI=1S/C17H25NO3/c1-13-5-6-16(10-14(13)2)21-9-7-17(20)18-8-3-4-15(11-18)12-19/h5-6,10,15,19H,3-4,7-9,11-12H2,1-2H3. The fourth-order valence-electron chi connectivity index (χ4n) is 2.66. The molecule has 0 aliphatic carbocycles. The zero-order chi connectivity index (χ0) is 15.2. The van der Waals surface area contributed by atoms with E-state index in [4.69, 9.17) is 4.74 Å². The van der Waals surface area contributed by atoms with Crippen LogP contribution in [0.25, 0.3) is 0 Å². The monoisotopic (exact) mass is 291 g/mol. The van der Waals surface area contributed by atoms with E-state index in [2.05, 4.69) is 13.8 Å². The number of carbonyl (C=O) groups excluding carboxylic acids is 1. The minimum atomic E-state index is 0.122. The minimum Gasteiger partial charge on any atom is -0.493 e. The highest BCUT2D eigenvalue weighted by atomic mass is 16.5. The Kier molecular flexibility index (Phi) is 5.62. The molecular formula is C17H25NO3. The van der Waals surface area contributed by atoms with Crippen molar-refractivity contribution in [2.24, 2.45) is 5.92 Å². The molecule has 4 nitrogen and oxygen atoms in total. The second kappa shape index (κ2) is 7.46. The smallest absolute Gasteiger partial charge is 0.226 e. The third-order valence-corrected chi connectivity index (χ3v) is 4.19. The minimum absolute atomic E-state index is 0.122. The number of aryl methyl sites for hydroxylation is 2. The van der Waals surface area contributed by atoms with Gasteiger partial charge in [0.05, 0.1) is 13.0 Å². The number of rotatable bonds is 5. The fraction of sp³-hybridized carbons (Fsp3) is 0.588. The van der Waals surface area contributed by atoms with Crippen LogP contribution in [-0.2, 0) is 4.79 Å². The lowest BCUT2D eigenvalue weighted by Crippen LogP contribution is -2.41. The van der Waals surface area contributed by atoms with Crippen molar-refractivity contribution in [1.82, 2.24) is 4.90 Å². The van der Waals surface area contributed by atoms with E-state index in [-0.39, 0.29) is 18.4 Å². The van der Waals surface area contributed by atoms with Gasteiger partial charge in [-0.2, -0.15) is 0 Å². The van der Waals surface area contributed by atoms with Crippen LogP contribution in [0.5, 0.6) is 5.75 Å². The Bertz CT molecular complexity index is 487. The van der Waals surface area contributed by atoms with Gasteiger partial charge in [0.1, 0.15) is 5.75 Å². The van der Waals surface area contributed by atoms with Gasteiger partial charge in [-0.05, 0) is 55.9 Å². The summed E-state index contributed by atoms with van der Waals surface area (Å²) in [7, 11) is 0. The molecule has 1 amide bonds. The summed E-state index contributed by atoms with van der Waals surface area (Å²) in [5.41, 5.74) is 2.43. The van der Waals surface area contributed by atoms with Gasteiger partial charge in [-0.15, -0.1) is 0 Å². The van der Waals surface area contributed by atoms with Gasteiger partial charge in [-0.1, -0.05) is 6.07 Å². The summed E-state index contributed by atoms with van der Waals surface area (Å²) in [6, 6.07) is 5.97. The van der Waals surface area contributed by atoms with E-state index >= 15 is 0 Å². The molecule has 116 valence electrons. The SMILES string of the molecule is Cc1ccc(OCCC(=O)N2CCCC(CO)C2)cc1C. The summed E-state index contributed by atoms with van der Waals surface area (Å²) >= 11 is 0. The number of piperidine rings is 1. The van der Waals surface area contributed by atoms with Crippen molar-refractivity contribution in [1.29, 1.82) is 0 Å². The van der Waals surface area contributed by atoms with Crippen LogP contribution in [0.3, 0.4) is 0 Å². The van der Waals surface area contributed by atoms with Crippen LogP contribution in [0, 0.1) is 19.8 Å². The molecule has 1 aromatic rings. The first-order chi connectivity index (χ1) is 10.1. The maximum atomic E-state index is 12.1. The Labute approximate surface area is 126 Å². The van der Waals surface area contributed by atoms with Gasteiger partial charge in [0.15, 0.2) is 0 Å². The fourth-order valence-corrected chi connectivity index (χ4v) is 2.66. The Morgan fingerprint density at radius 1 is 1.38 bits per heavy atom. The Morgan fingerprint density at radius 2 is 2.19 bits per heavy atom. The lowest BCUT2D eigenvalue weighted by molar-refractivity contribution is -0.133. The number of benzene rings is 1. The number of aliphatic hydroxyl groups is 1. The average molecular weight is 291 g/mol. The number of aliphatic hydroxyl groups excluding tert-OH is 1. The van der Waals surface area contributed by atoms with Crippen LogP contribution < -0.4 is 4.74 Å². The van der Waals surface area contributed by atoms with Crippen LogP contribution in [0.15, 0.2) is 18.2 Å². The van der Waals surface area contributed by atoms with Crippen LogP contribution in [0.1, 0.15) is 30.4 Å². The van der Waals surface area contributed by atoms with E-state index in [1.54, 1.807) is 0 Å². The Hall–Kier alpha value is -1.55. The van der Waals surface area contributed by atoms with Crippen LogP contribution in [-0.4, -0.2) is 42.2 Å². The van der Waals surface area contributed by atoms with Crippen molar-refractivity contribution in [3.8, 4) is 5.75 Å². The maximum absolute atomic E-state index is 12.1. The third kappa shape index (κ3) is 4.46. The molecule has 21 heavy (non-hydrogen) atoms. The summed E-state index contributed by atoms with van der Waals surface area (Å²) in [6.07, 6.45) is 2.39. The van der Waals surface area contributed by atoms with Gasteiger partial charge in [-0.3, -0.25) is 4.79 Å². The van der Waals surface area contributed by atoms with Crippen LogP contribution >= 0.6 is 0 Å². The van der Waals surface area contributed by atoms with E-state index < -0.39 is 0 Å². The van der Waals surface area contributed by atoms with Crippen LogP contribution in [0.4, 0.5) is 0 Å². The second-order valence-corrected chi connectivity index (χ2v) is 5.88. The molecule has 1 atom stereocenters. The number of carbonyl (C=O) groups is 1. The number of nitrogens with zero attached hydrogens (tertiary/aromatic N) is 1. The van der Waals surface area contributed by atoms with E-state index in [0.29, 0.717) is 19.6 Å². The van der Waals surface area contributed by atoms with Gasteiger partial charge in [0, 0.05) is 19.7 Å². The molecule has 1 heterocycles. The van der Waals surface area contributed by atoms with Gasteiger partial charge in [0.25, 0.3) is 0 Å². The zero-order valence-corrected chi connectivity index (χ0v) is 13.0. The first-order valence-corrected chi connectivity index (χ1v) is 7.69. The van der Waals surface area contributed by atoms with Crippen LogP contribution in [0.2, 0.25) is 0 Å². The summed E-state index contributed by atoms with van der Waals surface area (Å²) in [5, 5.41) is 9.20. The van der Waals surface area contributed by atoms with E-state index in [0.717, 1.165) is 25.1 Å². The van der Waals surface area contributed by atoms with Crippen molar-refractivity contribution in [3.63, 3.8) is 0 Å². The van der Waals surface area contributed by atoms with Gasteiger partial charge < -0.3 is 14.7 Å². The first-order valence-electron chi connectivity index (χ1n) is 7.69. The second-order valence-electron chi connectivity index (χ2n) is 5.88. The van der Waals surface area contributed by atoms with E-state index in [9.17, 15) is 9.90 Å². The lowest BCUT2D eigenvalue weighted by atomic mass is 9.99. The topological polar surface area (TPSA) is 49.8 Å². The molecule has 0 aromatic heterocycles. The van der Waals surface area contributed by atoms with Crippen molar-refractivity contribution in [2.45, 2.75) is 33.1 Å². The maximum Gasteiger partial charge on any atom is 0.226 e. The highest BCUT2D eigenvalue weighted by Gasteiger charge is 2.22. The van der Waals surface area contributed by atoms with E-state index in [1.807, 2.05) is 23.1 Å². The summed E-state index contributed by atoms with van der Waals surface area (Å²) in [5.74, 6) is 1.18. The molecule has 1 N–H and O–H groups in total. The number of amides is 1. The third-order valence-electron chi connectivity index (χ3n) is 4.19. The molecule has 1 fully saturated rings. The number of hydrogen-bond acceptors (Lipinski definition) is 3. The largest absolute Gasteiger partial charge is 0.493 e. The van der Waals surface area contributed by atoms with Crippen molar-refractivity contribution >= 4 is 5.91 Å². The van der Waals surface area contributed by atoms with Crippen molar-refractivity contribution < 1.29 is 14.6 Å². The predicted molar refractivity (Wildman–Crippen MR) is 82.4 cm³/mol. The normalized spacial score (nSPS) is 18.6. The molecule has 1 aliphatic heterocycles. The predicted octanol–water partition coefficient (Wildman–Crippen LogP) is 2.30. The molecule has 4 heteroatoms. The van der Waals surface area contributed by atoms with Gasteiger partial charge in [0.2, 0.25) is 5.91 Å². The molecule has 0 saturated carbocycles. The Morgan fingerprint density at radius 3 is 2.90 bits per heavy atom. The van der Waals surface area contributed by atoms with Gasteiger partial charge in [-0.25, -0.2) is 0 Å². The molecule has 2 rings (SSSR count). The highest BCUT2D eigenvalue weighted by molar-refractivity contribution is 5.76. The lowest BCUT2D eigenvalue weighted by Gasteiger charge is -2.31. The van der Waals surface area contributed by atoms with Gasteiger partial charge >= 0.3 is 0 Å². The summed E-state index contributed by atoms with van der Waals surface area (Å²) in [4.78, 5) is 14.0. The average Bonchev–Trinajstić information content (AvgIpc) is 2.50. The summed E-state index contributed by atoms with van der Waals surface area (Å²) < 4.78 is 5.66. The van der Waals surface area contributed by atoms with Crippen molar-refractivity contribution in [3.05, 3.63) is 29.3 Å². The molecule has 1 aliphatic rings. The Balaban J connectivity index is 1.77. The van der Waals surface area contributed by atoms with Crippen molar-refractivity contribution in [2.75, 3.05) is 26.3 Å². The molecule has 1 aromatic carbocycles. The summed E-state index contributed by atoms with van der Waals surface area (Å²) in [6.45, 7) is 6.18. The molecule has 0 radical (unpaired) electrons. The first kappa shape index (κ1) is 15.8. The molecule has 0 spiro atoms. The number of hydrogen-bond donors (Lipinski definition) is 1. The molecule has 1 unspecified atom stereocenters. The highest BCUT2D eigenvalue weighted by Crippen LogP contribution is 2.18. The molecule has 1 saturated heterocycles. The number of likely N-dealkylation sites (tertiary alicyclic amines) is 1. The molecular weight excluding hydrogens is 266 g/mol. The van der Waals surface area contributed by atoms with E-state index in [1.165, 1.54) is 11.1 Å². The zero-order valence-electron chi connectivity index (χ0n) is 13.0. The number of ether oxygens (including phenoxy) is 1.